The van der Waals surface area contributed by atoms with Gasteiger partial charge in [0.05, 0.1) is 13.2 Å². The Labute approximate surface area is 116 Å². The number of nitrogens with zero attached hydrogens (tertiary/aromatic N) is 1. The van der Waals surface area contributed by atoms with Crippen molar-refractivity contribution < 1.29 is 4.74 Å². The van der Waals surface area contributed by atoms with Crippen molar-refractivity contribution in [3.8, 4) is 5.75 Å². The molecule has 1 aromatic rings. The van der Waals surface area contributed by atoms with Gasteiger partial charge in [-0.15, -0.1) is 0 Å². The minimum atomic E-state index is 0.466. The second kappa shape index (κ2) is 5.96. The molecule has 0 radical (unpaired) electrons. The first-order chi connectivity index (χ1) is 9.15. The number of benzene rings is 1. The average molecular weight is 257 g/mol. The monoisotopic (exact) mass is 257 g/mol. The molecule has 1 atom stereocenters. The SMILES string of the molecule is CCC1=C(C)C(Cc2ccc(OC)cc2)N(C)C=C1. The van der Waals surface area contributed by atoms with Crippen LogP contribution in [0.15, 0.2) is 47.7 Å². The van der Waals surface area contributed by atoms with Crippen molar-refractivity contribution in [2.24, 2.45) is 0 Å². The van der Waals surface area contributed by atoms with Crippen LogP contribution in [0.4, 0.5) is 0 Å². The Morgan fingerprint density at radius 1 is 1.21 bits per heavy atom. The molecule has 0 amide bonds. The second-order valence-electron chi connectivity index (χ2n) is 5.11. The summed E-state index contributed by atoms with van der Waals surface area (Å²) in [5.74, 6) is 0.919. The van der Waals surface area contributed by atoms with Crippen LogP contribution in [-0.4, -0.2) is 25.1 Å². The molecular formula is C17H23NO. The Morgan fingerprint density at radius 2 is 1.89 bits per heavy atom. The van der Waals surface area contributed by atoms with Gasteiger partial charge in [-0.25, -0.2) is 0 Å². The fourth-order valence-corrected chi connectivity index (χ4v) is 2.64. The highest BCUT2D eigenvalue weighted by atomic mass is 16.5. The van der Waals surface area contributed by atoms with E-state index in [1.807, 2.05) is 12.1 Å². The molecular weight excluding hydrogens is 234 g/mol. The van der Waals surface area contributed by atoms with Gasteiger partial charge in [0.1, 0.15) is 5.75 Å². The van der Waals surface area contributed by atoms with Gasteiger partial charge in [0.15, 0.2) is 0 Å². The number of hydrogen-bond acceptors (Lipinski definition) is 2. The van der Waals surface area contributed by atoms with E-state index in [1.165, 1.54) is 16.7 Å². The summed E-state index contributed by atoms with van der Waals surface area (Å²) >= 11 is 0. The highest BCUT2D eigenvalue weighted by Gasteiger charge is 2.20. The molecule has 0 spiro atoms. The lowest BCUT2D eigenvalue weighted by Crippen LogP contribution is -2.33. The highest BCUT2D eigenvalue weighted by molar-refractivity contribution is 5.34. The van der Waals surface area contributed by atoms with Gasteiger partial charge in [0, 0.05) is 7.05 Å². The normalized spacial score (nSPS) is 18.9. The molecule has 2 rings (SSSR count). The molecule has 2 nitrogen and oxygen atoms in total. The van der Waals surface area contributed by atoms with Gasteiger partial charge in [-0.3, -0.25) is 0 Å². The number of allylic oxidation sites excluding steroid dienone is 2. The summed E-state index contributed by atoms with van der Waals surface area (Å²) in [5.41, 5.74) is 4.31. The molecule has 0 aliphatic carbocycles. The number of hydrogen-bond donors (Lipinski definition) is 0. The summed E-state index contributed by atoms with van der Waals surface area (Å²) in [6, 6.07) is 8.85. The molecule has 2 heteroatoms. The maximum Gasteiger partial charge on any atom is 0.118 e. The third-order valence-corrected chi connectivity index (χ3v) is 3.98. The van der Waals surface area contributed by atoms with Crippen LogP contribution in [0, 0.1) is 0 Å². The Balaban J connectivity index is 2.16. The van der Waals surface area contributed by atoms with E-state index >= 15 is 0 Å². The standard InChI is InChI=1S/C17H23NO/c1-5-15-10-11-18(3)17(13(15)2)12-14-6-8-16(19-4)9-7-14/h6-11,17H,5,12H2,1-4H3. The third kappa shape index (κ3) is 3.01. The molecule has 102 valence electrons. The molecule has 0 saturated carbocycles. The van der Waals surface area contributed by atoms with Crippen LogP contribution in [0.3, 0.4) is 0 Å². The molecule has 19 heavy (non-hydrogen) atoms. The maximum absolute atomic E-state index is 5.20. The number of ether oxygens (including phenoxy) is 1. The molecule has 0 bridgehead atoms. The predicted octanol–water partition coefficient (Wildman–Crippen LogP) is 3.79. The van der Waals surface area contributed by atoms with Crippen molar-refractivity contribution in [2.75, 3.05) is 14.2 Å². The van der Waals surface area contributed by atoms with Gasteiger partial charge < -0.3 is 9.64 Å². The van der Waals surface area contributed by atoms with Crippen molar-refractivity contribution in [3.05, 3.63) is 53.3 Å². The van der Waals surface area contributed by atoms with E-state index in [0.29, 0.717) is 6.04 Å². The smallest absolute Gasteiger partial charge is 0.118 e. The van der Waals surface area contributed by atoms with E-state index in [-0.39, 0.29) is 0 Å². The zero-order valence-corrected chi connectivity index (χ0v) is 12.3. The Morgan fingerprint density at radius 3 is 2.47 bits per heavy atom. The fourth-order valence-electron chi connectivity index (χ4n) is 2.64. The number of rotatable bonds is 4. The van der Waals surface area contributed by atoms with Gasteiger partial charge in [0.2, 0.25) is 0 Å². The minimum Gasteiger partial charge on any atom is -0.497 e. The van der Waals surface area contributed by atoms with Crippen LogP contribution in [0.1, 0.15) is 25.8 Å². The molecule has 1 aromatic carbocycles. The Bertz CT molecular complexity index is 484. The summed E-state index contributed by atoms with van der Waals surface area (Å²) in [5, 5.41) is 0. The topological polar surface area (TPSA) is 12.5 Å². The molecule has 1 aliphatic heterocycles. The molecule has 1 heterocycles. The van der Waals surface area contributed by atoms with E-state index in [9.17, 15) is 0 Å². The molecule has 0 fully saturated rings. The van der Waals surface area contributed by atoms with Crippen molar-refractivity contribution in [3.63, 3.8) is 0 Å². The first-order valence-corrected chi connectivity index (χ1v) is 6.88. The number of methoxy groups -OCH3 is 1. The molecule has 0 saturated heterocycles. The Hall–Kier alpha value is -1.70. The fraction of sp³-hybridized carbons (Fsp3) is 0.412. The average Bonchev–Trinajstić information content (AvgIpc) is 2.44. The van der Waals surface area contributed by atoms with Crippen molar-refractivity contribution >= 4 is 0 Å². The van der Waals surface area contributed by atoms with Gasteiger partial charge in [-0.1, -0.05) is 19.1 Å². The predicted molar refractivity (Wildman–Crippen MR) is 80.4 cm³/mol. The highest BCUT2D eigenvalue weighted by Crippen LogP contribution is 2.25. The van der Waals surface area contributed by atoms with Crippen molar-refractivity contribution in [2.45, 2.75) is 32.7 Å². The van der Waals surface area contributed by atoms with Crippen LogP contribution >= 0.6 is 0 Å². The van der Waals surface area contributed by atoms with Gasteiger partial charge in [-0.05, 0) is 60.9 Å². The number of likely N-dealkylation sites (N-methyl/N-ethyl adjacent to an activating group) is 1. The lowest BCUT2D eigenvalue weighted by molar-refractivity contribution is 0.358. The Kier molecular flexibility index (Phi) is 4.31. The summed E-state index contributed by atoms with van der Waals surface area (Å²) in [6.07, 6.45) is 6.58. The van der Waals surface area contributed by atoms with Gasteiger partial charge >= 0.3 is 0 Å². The van der Waals surface area contributed by atoms with Crippen molar-refractivity contribution in [1.29, 1.82) is 0 Å². The minimum absolute atomic E-state index is 0.466. The van der Waals surface area contributed by atoms with Crippen LogP contribution in [0.25, 0.3) is 0 Å². The van der Waals surface area contributed by atoms with Gasteiger partial charge in [0.25, 0.3) is 0 Å². The molecule has 0 N–H and O–H groups in total. The third-order valence-electron chi connectivity index (χ3n) is 3.98. The van der Waals surface area contributed by atoms with E-state index in [4.69, 9.17) is 4.74 Å². The quantitative estimate of drug-likeness (QED) is 0.813. The maximum atomic E-state index is 5.20. The second-order valence-corrected chi connectivity index (χ2v) is 5.11. The zero-order valence-electron chi connectivity index (χ0n) is 12.3. The van der Waals surface area contributed by atoms with Gasteiger partial charge in [-0.2, -0.15) is 0 Å². The summed E-state index contributed by atoms with van der Waals surface area (Å²) in [7, 11) is 3.86. The first-order valence-electron chi connectivity index (χ1n) is 6.88. The van der Waals surface area contributed by atoms with E-state index < -0.39 is 0 Å². The summed E-state index contributed by atoms with van der Waals surface area (Å²) in [4.78, 5) is 2.30. The van der Waals surface area contributed by atoms with Crippen molar-refractivity contribution in [1.82, 2.24) is 4.90 Å². The van der Waals surface area contributed by atoms with Crippen LogP contribution < -0.4 is 4.74 Å². The van der Waals surface area contributed by atoms with E-state index in [1.54, 1.807) is 7.11 Å². The zero-order chi connectivity index (χ0) is 13.8. The van der Waals surface area contributed by atoms with Crippen LogP contribution in [0.2, 0.25) is 0 Å². The van der Waals surface area contributed by atoms with E-state index in [2.05, 4.69) is 50.2 Å². The first kappa shape index (κ1) is 13.7. The summed E-state index contributed by atoms with van der Waals surface area (Å²) in [6.45, 7) is 4.48. The van der Waals surface area contributed by atoms with Crippen LogP contribution in [0.5, 0.6) is 5.75 Å². The van der Waals surface area contributed by atoms with Crippen LogP contribution in [-0.2, 0) is 6.42 Å². The summed E-state index contributed by atoms with van der Waals surface area (Å²) < 4.78 is 5.20. The lowest BCUT2D eigenvalue weighted by Gasteiger charge is -2.32. The largest absolute Gasteiger partial charge is 0.497 e. The molecule has 0 aromatic heterocycles. The molecule has 1 unspecified atom stereocenters. The van der Waals surface area contributed by atoms with E-state index in [0.717, 1.165) is 18.6 Å². The molecule has 1 aliphatic rings. The lowest BCUT2D eigenvalue weighted by atomic mass is 9.92.